The molecular formula is C21H30N3O3S+. The summed E-state index contributed by atoms with van der Waals surface area (Å²) in [7, 11) is 0.476. The van der Waals surface area contributed by atoms with Crippen LogP contribution in [-0.2, 0) is 14.8 Å². The number of aryl methyl sites for hydroxylation is 1. The van der Waals surface area contributed by atoms with Gasteiger partial charge in [0, 0.05) is 25.3 Å². The first-order valence-corrected chi connectivity index (χ1v) is 11.1. The van der Waals surface area contributed by atoms with Crippen molar-refractivity contribution < 1.29 is 18.1 Å². The first-order valence-electron chi connectivity index (χ1n) is 9.63. The van der Waals surface area contributed by atoms with Gasteiger partial charge in [0.05, 0.1) is 24.7 Å². The second-order valence-electron chi connectivity index (χ2n) is 7.47. The lowest BCUT2D eigenvalue weighted by Gasteiger charge is -2.32. The van der Waals surface area contributed by atoms with Gasteiger partial charge in [0.2, 0.25) is 10.0 Å². The Kier molecular flexibility index (Phi) is 6.72. The minimum absolute atomic E-state index is 0.0420. The summed E-state index contributed by atoms with van der Waals surface area (Å²) in [6.07, 6.45) is 0. The van der Waals surface area contributed by atoms with Crippen LogP contribution in [0.15, 0.2) is 53.4 Å². The van der Waals surface area contributed by atoms with Gasteiger partial charge in [0.25, 0.3) is 0 Å². The molecule has 1 fully saturated rings. The number of nitrogens with one attached hydrogen (secondary N) is 2. The number of hydrogen-bond donors (Lipinski definition) is 2. The largest absolute Gasteiger partial charge is 0.378 e. The van der Waals surface area contributed by atoms with Gasteiger partial charge >= 0.3 is 0 Å². The number of rotatable bonds is 7. The number of nitrogens with zero attached hydrogens (tertiary/aromatic N) is 1. The summed E-state index contributed by atoms with van der Waals surface area (Å²) >= 11 is 0. The average Bonchev–Trinajstić information content (AvgIpc) is 2.69. The molecule has 1 atom stereocenters. The molecule has 0 aromatic heterocycles. The van der Waals surface area contributed by atoms with Gasteiger partial charge in [-0.25, -0.2) is 13.1 Å². The summed E-state index contributed by atoms with van der Waals surface area (Å²) in [4.78, 5) is 3.70. The maximum Gasteiger partial charge on any atom is 0.240 e. The molecule has 0 bridgehead atoms. The molecule has 2 aromatic carbocycles. The third kappa shape index (κ3) is 5.11. The number of quaternary nitrogens is 1. The monoisotopic (exact) mass is 404 g/mol. The molecule has 3 rings (SSSR count). The molecule has 0 aliphatic carbocycles. The van der Waals surface area contributed by atoms with Gasteiger partial charge in [0.15, 0.2) is 0 Å². The molecule has 1 saturated heterocycles. The third-order valence-corrected chi connectivity index (χ3v) is 6.69. The van der Waals surface area contributed by atoms with Gasteiger partial charge < -0.3 is 14.5 Å². The number of ether oxygens (including phenoxy) is 1. The van der Waals surface area contributed by atoms with Gasteiger partial charge in [-0.3, -0.25) is 0 Å². The molecule has 2 N–H and O–H groups in total. The van der Waals surface area contributed by atoms with E-state index in [1.165, 1.54) is 4.90 Å². The maximum atomic E-state index is 12.8. The summed E-state index contributed by atoms with van der Waals surface area (Å²) in [5, 5.41) is 0. The van der Waals surface area contributed by atoms with E-state index in [0.717, 1.165) is 29.9 Å². The lowest BCUT2D eigenvalue weighted by molar-refractivity contribution is -0.937. The van der Waals surface area contributed by atoms with Crippen LogP contribution < -0.4 is 14.5 Å². The van der Waals surface area contributed by atoms with Crippen LogP contribution in [0.2, 0.25) is 0 Å². The Balaban J connectivity index is 1.79. The minimum atomic E-state index is -3.54. The smallest absolute Gasteiger partial charge is 0.240 e. The Labute approximate surface area is 168 Å². The molecule has 1 heterocycles. The van der Waals surface area contributed by atoms with Crippen molar-refractivity contribution in [2.24, 2.45) is 0 Å². The van der Waals surface area contributed by atoms with Crippen molar-refractivity contribution in [2.75, 3.05) is 51.8 Å². The van der Waals surface area contributed by atoms with Gasteiger partial charge in [0.1, 0.15) is 19.1 Å². The molecule has 2 aromatic rings. The summed E-state index contributed by atoms with van der Waals surface area (Å²) in [6.45, 7) is 5.43. The summed E-state index contributed by atoms with van der Waals surface area (Å²) in [5.41, 5.74) is 3.30. The van der Waals surface area contributed by atoms with Crippen LogP contribution in [0.1, 0.15) is 17.2 Å². The lowest BCUT2D eigenvalue weighted by atomic mass is 10.0. The fourth-order valence-electron chi connectivity index (χ4n) is 3.48. The van der Waals surface area contributed by atoms with E-state index in [4.69, 9.17) is 4.74 Å². The van der Waals surface area contributed by atoms with Crippen LogP contribution in [0.25, 0.3) is 0 Å². The number of hydrogen-bond acceptors (Lipinski definition) is 4. The van der Waals surface area contributed by atoms with E-state index in [-0.39, 0.29) is 6.04 Å². The average molecular weight is 405 g/mol. The SMILES string of the molecule is Cc1ccc(S(=O)(=O)NC[C@@H](c2ccc(N(C)C)cc2)[NH+]2CCOCC2)cc1. The summed E-state index contributed by atoms with van der Waals surface area (Å²) in [5.74, 6) is 0. The zero-order chi connectivity index (χ0) is 20.1. The highest BCUT2D eigenvalue weighted by atomic mass is 32.2. The quantitative estimate of drug-likeness (QED) is 0.723. The molecule has 0 amide bonds. The van der Waals surface area contributed by atoms with Crippen molar-refractivity contribution in [1.82, 2.24) is 4.72 Å². The highest BCUT2D eigenvalue weighted by Crippen LogP contribution is 2.17. The number of sulfonamides is 1. The molecule has 28 heavy (non-hydrogen) atoms. The maximum absolute atomic E-state index is 12.8. The zero-order valence-corrected chi connectivity index (χ0v) is 17.6. The first kappa shape index (κ1) is 20.8. The minimum Gasteiger partial charge on any atom is -0.378 e. The fourth-order valence-corrected chi connectivity index (χ4v) is 4.53. The number of anilines is 1. The summed E-state index contributed by atoms with van der Waals surface area (Å²) < 4.78 is 33.8. The molecule has 0 spiro atoms. The Hall–Kier alpha value is -1.93. The van der Waals surface area contributed by atoms with Crippen LogP contribution in [0.5, 0.6) is 0 Å². The van der Waals surface area contributed by atoms with Crippen molar-refractivity contribution in [1.29, 1.82) is 0 Å². The Morgan fingerprint density at radius 3 is 2.21 bits per heavy atom. The van der Waals surface area contributed by atoms with E-state index in [9.17, 15) is 8.42 Å². The number of morpholine rings is 1. The van der Waals surface area contributed by atoms with Crippen molar-refractivity contribution >= 4 is 15.7 Å². The first-order chi connectivity index (χ1) is 13.4. The second-order valence-corrected chi connectivity index (χ2v) is 9.24. The van der Waals surface area contributed by atoms with Gasteiger partial charge in [-0.2, -0.15) is 0 Å². The molecule has 0 radical (unpaired) electrons. The van der Waals surface area contributed by atoms with Gasteiger partial charge in [-0.15, -0.1) is 0 Å². The van der Waals surface area contributed by atoms with Crippen LogP contribution in [0.4, 0.5) is 5.69 Å². The van der Waals surface area contributed by atoms with E-state index in [1.54, 1.807) is 12.1 Å². The molecule has 0 unspecified atom stereocenters. The van der Waals surface area contributed by atoms with E-state index in [1.807, 2.05) is 33.2 Å². The van der Waals surface area contributed by atoms with Crippen LogP contribution in [0, 0.1) is 6.92 Å². The van der Waals surface area contributed by atoms with Crippen molar-refractivity contribution in [2.45, 2.75) is 17.9 Å². The standard InChI is InChI=1S/C21H29N3O3S/c1-17-4-10-20(11-5-17)28(25,26)22-16-21(24-12-14-27-15-13-24)18-6-8-19(9-7-18)23(2)3/h4-11,21-22H,12-16H2,1-3H3/p+1/t21-/m0/s1. The zero-order valence-electron chi connectivity index (χ0n) is 16.8. The van der Waals surface area contributed by atoms with Crippen LogP contribution in [-0.4, -0.2) is 55.4 Å². The Bertz CT molecular complexity index is 859. The fraction of sp³-hybridized carbons (Fsp3) is 0.429. The van der Waals surface area contributed by atoms with Crippen LogP contribution >= 0.6 is 0 Å². The molecule has 7 heteroatoms. The second kappa shape index (κ2) is 9.05. The van der Waals surface area contributed by atoms with Crippen molar-refractivity contribution in [3.63, 3.8) is 0 Å². The third-order valence-electron chi connectivity index (χ3n) is 5.25. The number of benzene rings is 2. The van der Waals surface area contributed by atoms with Gasteiger partial charge in [-0.1, -0.05) is 29.8 Å². The van der Waals surface area contributed by atoms with Crippen LogP contribution in [0.3, 0.4) is 0 Å². The van der Waals surface area contributed by atoms with Crippen molar-refractivity contribution in [3.8, 4) is 0 Å². The lowest BCUT2D eigenvalue weighted by Crippen LogP contribution is -3.15. The van der Waals surface area contributed by atoms with E-state index in [2.05, 4.69) is 33.9 Å². The normalized spacial score (nSPS) is 16.7. The highest BCUT2D eigenvalue weighted by molar-refractivity contribution is 7.89. The topological polar surface area (TPSA) is 63.1 Å². The molecule has 6 nitrogen and oxygen atoms in total. The van der Waals surface area contributed by atoms with Crippen molar-refractivity contribution in [3.05, 3.63) is 59.7 Å². The molecule has 1 aliphatic heterocycles. The van der Waals surface area contributed by atoms with E-state index in [0.29, 0.717) is 24.7 Å². The van der Waals surface area contributed by atoms with E-state index < -0.39 is 10.0 Å². The summed E-state index contributed by atoms with van der Waals surface area (Å²) in [6, 6.07) is 15.3. The molecule has 1 aliphatic rings. The Morgan fingerprint density at radius 2 is 1.64 bits per heavy atom. The van der Waals surface area contributed by atoms with E-state index >= 15 is 0 Å². The molecular weight excluding hydrogens is 374 g/mol. The molecule has 0 saturated carbocycles. The predicted octanol–water partition coefficient (Wildman–Crippen LogP) is 0.996. The Morgan fingerprint density at radius 1 is 1.04 bits per heavy atom. The highest BCUT2D eigenvalue weighted by Gasteiger charge is 2.28. The molecule has 152 valence electrons. The predicted molar refractivity (Wildman–Crippen MR) is 111 cm³/mol. The van der Waals surface area contributed by atoms with Gasteiger partial charge in [-0.05, 0) is 31.2 Å².